The Morgan fingerprint density at radius 1 is 1.35 bits per heavy atom. The van der Waals surface area contributed by atoms with Crippen LogP contribution in [0.3, 0.4) is 0 Å². The Bertz CT molecular complexity index is 293. The summed E-state index contributed by atoms with van der Waals surface area (Å²) < 4.78 is 4.75. The van der Waals surface area contributed by atoms with E-state index in [0.29, 0.717) is 6.61 Å². The maximum atomic E-state index is 11.5. The summed E-state index contributed by atoms with van der Waals surface area (Å²) in [4.78, 5) is 35.1. The molecule has 0 saturated heterocycles. The smallest absolute Gasteiger partial charge is 0.321 e. The molecule has 0 radical (unpaired) electrons. The molecule has 0 aromatic carbocycles. The Labute approximate surface area is 100 Å². The van der Waals surface area contributed by atoms with Crippen LogP contribution in [0.1, 0.15) is 13.8 Å². The van der Waals surface area contributed by atoms with Gasteiger partial charge in [0.1, 0.15) is 0 Å². The van der Waals surface area contributed by atoms with Crippen LogP contribution in [0.5, 0.6) is 0 Å². The van der Waals surface area contributed by atoms with Crippen molar-refractivity contribution in [3.05, 3.63) is 0 Å². The van der Waals surface area contributed by atoms with Gasteiger partial charge in [0, 0.05) is 7.05 Å². The van der Waals surface area contributed by atoms with Crippen molar-refractivity contribution in [2.75, 3.05) is 27.2 Å². The number of rotatable bonds is 5. The molecule has 0 aliphatic heterocycles. The lowest BCUT2D eigenvalue weighted by atomic mass is 10.3. The van der Waals surface area contributed by atoms with Crippen LogP contribution < -0.4 is 10.6 Å². The molecule has 0 saturated carbocycles. The highest BCUT2D eigenvalue weighted by Crippen LogP contribution is 1.96. The molecule has 0 fully saturated rings. The van der Waals surface area contributed by atoms with Crippen LogP contribution in [0.2, 0.25) is 0 Å². The third-order valence-corrected chi connectivity index (χ3v) is 2.19. The summed E-state index contributed by atoms with van der Waals surface area (Å²) in [6.07, 6.45) is 0. The van der Waals surface area contributed by atoms with E-state index in [4.69, 9.17) is 4.74 Å². The van der Waals surface area contributed by atoms with Crippen LogP contribution in [0.25, 0.3) is 0 Å². The van der Waals surface area contributed by atoms with Crippen molar-refractivity contribution in [2.24, 2.45) is 0 Å². The Kier molecular flexibility index (Phi) is 6.88. The Morgan fingerprint density at radius 3 is 2.41 bits per heavy atom. The first-order chi connectivity index (χ1) is 7.92. The summed E-state index contributed by atoms with van der Waals surface area (Å²) in [5, 5.41) is 4.40. The van der Waals surface area contributed by atoms with E-state index in [1.807, 2.05) is 0 Å². The zero-order valence-electron chi connectivity index (χ0n) is 10.6. The molecule has 3 amide bonds. The molecule has 0 rings (SSSR count). The summed E-state index contributed by atoms with van der Waals surface area (Å²) in [7, 11) is 3.01. The third kappa shape index (κ3) is 5.86. The normalized spacial score (nSPS) is 11.8. The van der Waals surface area contributed by atoms with Gasteiger partial charge in [-0.15, -0.1) is 0 Å². The van der Waals surface area contributed by atoms with E-state index in [9.17, 15) is 14.4 Å². The summed E-state index contributed by atoms with van der Waals surface area (Å²) in [5.41, 5.74) is 0. The highest BCUT2D eigenvalue weighted by atomic mass is 16.5. The monoisotopic (exact) mass is 245 g/mol. The van der Waals surface area contributed by atoms with Crippen LogP contribution in [0.4, 0.5) is 4.79 Å². The van der Waals surface area contributed by atoms with Crippen molar-refractivity contribution in [1.29, 1.82) is 0 Å². The van der Waals surface area contributed by atoms with Crippen LogP contribution >= 0.6 is 0 Å². The number of hydrogen-bond donors (Lipinski definition) is 2. The molecule has 0 heterocycles. The van der Waals surface area contributed by atoms with Crippen molar-refractivity contribution in [3.8, 4) is 0 Å². The largest absolute Gasteiger partial charge is 0.465 e. The van der Waals surface area contributed by atoms with Gasteiger partial charge in [0.15, 0.2) is 0 Å². The summed E-state index contributed by atoms with van der Waals surface area (Å²) in [6.45, 7) is 3.60. The highest BCUT2D eigenvalue weighted by Gasteiger charge is 2.21. The predicted molar refractivity (Wildman–Crippen MR) is 61.3 cm³/mol. The predicted octanol–water partition coefficient (Wildman–Crippen LogP) is -0.675. The molecule has 0 spiro atoms. The molecule has 1 unspecified atom stereocenters. The number of carbonyl (C=O) groups is 3. The van der Waals surface area contributed by atoms with Gasteiger partial charge in [-0.05, 0) is 20.9 Å². The minimum atomic E-state index is -0.600. The van der Waals surface area contributed by atoms with Gasteiger partial charge >= 0.3 is 12.0 Å². The van der Waals surface area contributed by atoms with Gasteiger partial charge in [-0.2, -0.15) is 0 Å². The first-order valence-corrected chi connectivity index (χ1v) is 5.30. The number of carbonyl (C=O) groups excluding carboxylic acids is 3. The molecule has 0 aliphatic carbocycles. The lowest BCUT2D eigenvalue weighted by molar-refractivity contribution is -0.145. The number of urea groups is 1. The quantitative estimate of drug-likeness (QED) is 0.627. The fraction of sp³-hybridized carbons (Fsp3) is 0.700. The SMILES string of the molecule is CCOC(=O)CN(C)C(C)C(=O)NC(=O)NC. The molecule has 0 aromatic rings. The van der Waals surface area contributed by atoms with E-state index < -0.39 is 23.9 Å². The minimum Gasteiger partial charge on any atom is -0.465 e. The Morgan fingerprint density at radius 2 is 1.94 bits per heavy atom. The van der Waals surface area contributed by atoms with Crippen molar-refractivity contribution in [1.82, 2.24) is 15.5 Å². The maximum absolute atomic E-state index is 11.5. The van der Waals surface area contributed by atoms with E-state index in [2.05, 4.69) is 10.6 Å². The van der Waals surface area contributed by atoms with Crippen LogP contribution in [-0.2, 0) is 14.3 Å². The van der Waals surface area contributed by atoms with Gasteiger partial charge in [0.25, 0.3) is 0 Å². The number of esters is 1. The number of imide groups is 1. The second kappa shape index (κ2) is 7.61. The second-order valence-electron chi connectivity index (χ2n) is 3.46. The van der Waals surface area contributed by atoms with Gasteiger partial charge in [-0.3, -0.25) is 19.8 Å². The van der Waals surface area contributed by atoms with Crippen molar-refractivity contribution >= 4 is 17.9 Å². The van der Waals surface area contributed by atoms with Gasteiger partial charge in [0.05, 0.1) is 19.2 Å². The minimum absolute atomic E-state index is 0.00380. The first kappa shape index (κ1) is 15.4. The molecule has 0 aliphatic rings. The lowest BCUT2D eigenvalue weighted by Crippen LogP contribution is -2.49. The Balaban J connectivity index is 4.19. The zero-order valence-corrected chi connectivity index (χ0v) is 10.6. The molecule has 98 valence electrons. The number of amides is 3. The zero-order chi connectivity index (χ0) is 13.4. The van der Waals surface area contributed by atoms with Crippen molar-refractivity contribution in [2.45, 2.75) is 19.9 Å². The number of nitrogens with one attached hydrogen (secondary N) is 2. The van der Waals surface area contributed by atoms with Gasteiger partial charge in [-0.1, -0.05) is 0 Å². The summed E-state index contributed by atoms with van der Waals surface area (Å²) in [5.74, 6) is -0.884. The second-order valence-corrected chi connectivity index (χ2v) is 3.46. The lowest BCUT2D eigenvalue weighted by Gasteiger charge is -2.22. The van der Waals surface area contributed by atoms with Crippen LogP contribution in [0.15, 0.2) is 0 Å². The molecular weight excluding hydrogens is 226 g/mol. The molecule has 2 N–H and O–H groups in total. The molecule has 17 heavy (non-hydrogen) atoms. The number of hydrogen-bond acceptors (Lipinski definition) is 5. The fourth-order valence-corrected chi connectivity index (χ4v) is 1.03. The van der Waals surface area contributed by atoms with E-state index in [1.54, 1.807) is 20.9 Å². The van der Waals surface area contributed by atoms with Crippen LogP contribution in [-0.4, -0.2) is 56.1 Å². The average molecular weight is 245 g/mol. The van der Waals surface area contributed by atoms with Crippen molar-refractivity contribution < 1.29 is 19.1 Å². The van der Waals surface area contributed by atoms with E-state index in [-0.39, 0.29) is 6.54 Å². The fourth-order valence-electron chi connectivity index (χ4n) is 1.03. The molecule has 7 heteroatoms. The number of nitrogens with zero attached hydrogens (tertiary/aromatic N) is 1. The van der Waals surface area contributed by atoms with Gasteiger partial charge in [0.2, 0.25) is 5.91 Å². The highest BCUT2D eigenvalue weighted by molar-refractivity contribution is 5.96. The topological polar surface area (TPSA) is 87.7 Å². The van der Waals surface area contributed by atoms with Gasteiger partial charge < -0.3 is 10.1 Å². The van der Waals surface area contributed by atoms with E-state index in [0.717, 1.165) is 0 Å². The number of ether oxygens (including phenoxy) is 1. The average Bonchev–Trinajstić information content (AvgIpc) is 2.27. The third-order valence-electron chi connectivity index (χ3n) is 2.19. The Hall–Kier alpha value is -1.63. The van der Waals surface area contributed by atoms with Crippen LogP contribution in [0, 0.1) is 0 Å². The van der Waals surface area contributed by atoms with E-state index >= 15 is 0 Å². The summed E-state index contributed by atoms with van der Waals surface area (Å²) in [6, 6.07) is -1.18. The summed E-state index contributed by atoms with van der Waals surface area (Å²) >= 11 is 0. The van der Waals surface area contributed by atoms with E-state index in [1.165, 1.54) is 11.9 Å². The standard InChI is InChI=1S/C10H19N3O4/c1-5-17-8(14)6-13(4)7(2)9(15)12-10(16)11-3/h7H,5-6H2,1-4H3,(H2,11,12,15,16). The molecular formula is C10H19N3O4. The van der Waals surface area contributed by atoms with Crippen molar-refractivity contribution in [3.63, 3.8) is 0 Å². The molecule has 0 bridgehead atoms. The first-order valence-electron chi connectivity index (χ1n) is 5.30. The van der Waals surface area contributed by atoms with Gasteiger partial charge in [-0.25, -0.2) is 4.79 Å². The number of likely N-dealkylation sites (N-methyl/N-ethyl adjacent to an activating group) is 1. The molecule has 7 nitrogen and oxygen atoms in total. The molecule has 1 atom stereocenters. The maximum Gasteiger partial charge on any atom is 0.321 e. The molecule has 0 aromatic heterocycles.